The number of benzene rings is 3. The number of hydrogen-bond acceptors (Lipinski definition) is 3. The van der Waals surface area contributed by atoms with Crippen molar-refractivity contribution in [2.24, 2.45) is 0 Å². The van der Waals surface area contributed by atoms with Gasteiger partial charge >= 0.3 is 0 Å². The summed E-state index contributed by atoms with van der Waals surface area (Å²) in [5.74, 6) is 0.260. The summed E-state index contributed by atoms with van der Waals surface area (Å²) in [6.07, 6.45) is 1.60. The highest BCUT2D eigenvalue weighted by atomic mass is 35.5. The number of aryl methyl sites for hydroxylation is 2. The summed E-state index contributed by atoms with van der Waals surface area (Å²) in [7, 11) is 0. The molecule has 0 atom stereocenters. The molecule has 0 aliphatic carbocycles. The number of anilines is 1. The van der Waals surface area contributed by atoms with Crippen LogP contribution in [-0.2, 0) is 11.4 Å². The third-order valence-electron chi connectivity index (χ3n) is 5.98. The average Bonchev–Trinajstić information content (AvgIpc) is 3.17. The monoisotopic (exact) mass is 529 g/mol. The lowest BCUT2D eigenvalue weighted by atomic mass is 10.1. The van der Waals surface area contributed by atoms with Gasteiger partial charge in [0.05, 0.1) is 0 Å². The van der Waals surface area contributed by atoms with E-state index in [9.17, 15) is 10.1 Å². The molecule has 0 aliphatic rings. The Morgan fingerprint density at radius 3 is 2.35 bits per heavy atom. The zero-order chi connectivity index (χ0) is 26.5. The third kappa shape index (κ3) is 6.24. The fourth-order valence-electron chi connectivity index (χ4n) is 3.94. The van der Waals surface area contributed by atoms with Crippen molar-refractivity contribution in [1.29, 1.82) is 5.26 Å². The van der Waals surface area contributed by atoms with Crippen LogP contribution in [0.5, 0.6) is 5.75 Å². The number of rotatable bonds is 7. The summed E-state index contributed by atoms with van der Waals surface area (Å²) < 4.78 is 7.96. The molecule has 0 saturated carbocycles. The summed E-state index contributed by atoms with van der Waals surface area (Å²) in [5.41, 5.74) is 6.09. The number of ether oxygens (including phenoxy) is 1. The lowest BCUT2D eigenvalue weighted by Gasteiger charge is -2.12. The van der Waals surface area contributed by atoms with E-state index in [1.807, 2.05) is 87.5 Å². The quantitative estimate of drug-likeness (QED) is 0.196. The van der Waals surface area contributed by atoms with E-state index in [0.717, 1.165) is 39.5 Å². The van der Waals surface area contributed by atoms with Crippen molar-refractivity contribution < 1.29 is 9.53 Å². The van der Waals surface area contributed by atoms with Crippen LogP contribution in [0.25, 0.3) is 11.8 Å². The van der Waals surface area contributed by atoms with Crippen molar-refractivity contribution >= 4 is 40.9 Å². The van der Waals surface area contributed by atoms with Gasteiger partial charge in [0.25, 0.3) is 5.91 Å². The molecule has 0 spiro atoms. The van der Waals surface area contributed by atoms with E-state index in [2.05, 4.69) is 9.88 Å². The van der Waals surface area contributed by atoms with Gasteiger partial charge in [-0.25, -0.2) is 0 Å². The Balaban J connectivity index is 1.51. The first-order valence-electron chi connectivity index (χ1n) is 11.6. The fourth-order valence-corrected chi connectivity index (χ4v) is 4.25. The topological polar surface area (TPSA) is 67.0 Å². The average molecular weight is 530 g/mol. The maximum atomic E-state index is 12.8. The van der Waals surface area contributed by atoms with Crippen molar-refractivity contribution in [3.05, 3.63) is 116 Å². The molecule has 3 aromatic carbocycles. The van der Waals surface area contributed by atoms with Crippen LogP contribution in [0, 0.1) is 32.1 Å². The summed E-state index contributed by atoms with van der Waals surface area (Å²) in [4.78, 5) is 12.8. The number of aromatic nitrogens is 1. The Kier molecular flexibility index (Phi) is 8.03. The second-order valence-electron chi connectivity index (χ2n) is 8.66. The highest BCUT2D eigenvalue weighted by Crippen LogP contribution is 2.26. The number of nitriles is 1. The Morgan fingerprint density at radius 1 is 1.00 bits per heavy atom. The summed E-state index contributed by atoms with van der Waals surface area (Å²) >= 11 is 12.1. The smallest absolute Gasteiger partial charge is 0.266 e. The number of nitrogens with one attached hydrogen (secondary N) is 1. The summed E-state index contributed by atoms with van der Waals surface area (Å²) in [6.45, 7) is 6.26. The van der Waals surface area contributed by atoms with E-state index < -0.39 is 5.91 Å². The Morgan fingerprint density at radius 2 is 1.70 bits per heavy atom. The standard InChI is InChI=1S/C30H25Cl2N3O2/c1-19-4-9-26(16-29(19)32)34-30(36)24(17-33)15-23-14-20(2)35(21(23)3)27-10-12-28(13-11-27)37-18-22-5-7-25(31)8-6-22/h4-16H,18H2,1-3H3,(H,34,36)/b24-15-. The fraction of sp³-hybridized carbons (Fsp3) is 0.133. The predicted molar refractivity (Wildman–Crippen MR) is 149 cm³/mol. The molecule has 0 aliphatic heterocycles. The first-order valence-corrected chi connectivity index (χ1v) is 12.4. The van der Waals surface area contributed by atoms with E-state index in [4.69, 9.17) is 27.9 Å². The molecule has 37 heavy (non-hydrogen) atoms. The molecule has 4 aromatic rings. The molecular weight excluding hydrogens is 505 g/mol. The zero-order valence-electron chi connectivity index (χ0n) is 20.7. The van der Waals surface area contributed by atoms with Crippen LogP contribution < -0.4 is 10.1 Å². The largest absolute Gasteiger partial charge is 0.489 e. The normalized spacial score (nSPS) is 11.2. The molecule has 1 amide bonds. The summed E-state index contributed by atoms with van der Waals surface area (Å²) in [6, 6.07) is 24.5. The Bertz CT molecular complexity index is 1510. The van der Waals surface area contributed by atoms with Gasteiger partial charge in [-0.3, -0.25) is 4.79 Å². The molecule has 1 N–H and O–H groups in total. The minimum Gasteiger partial charge on any atom is -0.489 e. The number of halogens is 2. The van der Waals surface area contributed by atoms with E-state index in [1.54, 1.807) is 18.2 Å². The number of carbonyl (C=O) groups is 1. The second-order valence-corrected chi connectivity index (χ2v) is 9.50. The molecule has 0 saturated heterocycles. The first kappa shape index (κ1) is 26.1. The molecule has 0 unspecified atom stereocenters. The molecule has 7 heteroatoms. The maximum absolute atomic E-state index is 12.8. The number of carbonyl (C=O) groups excluding carboxylic acids is 1. The minimum atomic E-state index is -0.491. The highest BCUT2D eigenvalue weighted by molar-refractivity contribution is 6.31. The van der Waals surface area contributed by atoms with Crippen molar-refractivity contribution in [2.45, 2.75) is 27.4 Å². The van der Waals surface area contributed by atoms with E-state index in [0.29, 0.717) is 22.3 Å². The van der Waals surface area contributed by atoms with E-state index >= 15 is 0 Å². The molecule has 5 nitrogen and oxygen atoms in total. The highest BCUT2D eigenvalue weighted by Gasteiger charge is 2.14. The van der Waals surface area contributed by atoms with Gasteiger partial charge in [0.2, 0.25) is 0 Å². The van der Waals surface area contributed by atoms with Crippen LogP contribution in [0.1, 0.15) is 28.1 Å². The second kappa shape index (κ2) is 11.4. The van der Waals surface area contributed by atoms with Crippen molar-refractivity contribution in [3.63, 3.8) is 0 Å². The van der Waals surface area contributed by atoms with Gasteiger partial charge in [0, 0.05) is 32.8 Å². The van der Waals surface area contributed by atoms with E-state index in [-0.39, 0.29) is 5.57 Å². The molecular formula is C30H25Cl2N3O2. The van der Waals surface area contributed by atoms with Crippen LogP contribution in [0.15, 0.2) is 78.4 Å². The van der Waals surface area contributed by atoms with Crippen molar-refractivity contribution in [1.82, 2.24) is 4.57 Å². The molecule has 0 fully saturated rings. The minimum absolute atomic E-state index is 0.00268. The van der Waals surface area contributed by atoms with Gasteiger partial charge in [0.15, 0.2) is 0 Å². The molecule has 0 bridgehead atoms. The predicted octanol–water partition coefficient (Wildman–Crippen LogP) is 7.83. The van der Waals surface area contributed by atoms with Crippen LogP contribution in [0.3, 0.4) is 0 Å². The Labute approximate surface area is 226 Å². The SMILES string of the molecule is Cc1ccc(NC(=O)/C(C#N)=C\c2cc(C)n(-c3ccc(OCc4ccc(Cl)cc4)cc3)c2C)cc1Cl. The zero-order valence-corrected chi connectivity index (χ0v) is 22.2. The van der Waals surface area contributed by atoms with Crippen molar-refractivity contribution in [3.8, 4) is 17.5 Å². The maximum Gasteiger partial charge on any atom is 0.266 e. The molecule has 1 aromatic heterocycles. The van der Waals surface area contributed by atoms with Gasteiger partial charge in [-0.05, 0) is 98.1 Å². The molecule has 4 rings (SSSR count). The van der Waals surface area contributed by atoms with Gasteiger partial charge in [-0.1, -0.05) is 41.4 Å². The lowest BCUT2D eigenvalue weighted by Crippen LogP contribution is -2.13. The number of amides is 1. The van der Waals surface area contributed by atoms with Crippen LogP contribution >= 0.6 is 23.2 Å². The summed E-state index contributed by atoms with van der Waals surface area (Å²) in [5, 5.41) is 13.6. The number of nitrogens with zero attached hydrogens (tertiary/aromatic N) is 2. The first-order chi connectivity index (χ1) is 17.7. The molecule has 1 heterocycles. The molecule has 0 radical (unpaired) electrons. The van der Waals surface area contributed by atoms with Crippen LogP contribution in [0.2, 0.25) is 10.0 Å². The van der Waals surface area contributed by atoms with E-state index in [1.165, 1.54) is 0 Å². The van der Waals surface area contributed by atoms with Gasteiger partial charge in [0.1, 0.15) is 24.0 Å². The van der Waals surface area contributed by atoms with Gasteiger partial charge < -0.3 is 14.6 Å². The van der Waals surface area contributed by atoms with Gasteiger partial charge in [-0.2, -0.15) is 5.26 Å². The van der Waals surface area contributed by atoms with Crippen LogP contribution in [-0.4, -0.2) is 10.5 Å². The van der Waals surface area contributed by atoms with Crippen LogP contribution in [0.4, 0.5) is 5.69 Å². The third-order valence-corrected chi connectivity index (χ3v) is 6.64. The Hall–Kier alpha value is -3.98. The van der Waals surface area contributed by atoms with Gasteiger partial charge in [-0.15, -0.1) is 0 Å². The van der Waals surface area contributed by atoms with Crippen molar-refractivity contribution in [2.75, 3.05) is 5.32 Å². The lowest BCUT2D eigenvalue weighted by molar-refractivity contribution is -0.112. The molecule has 186 valence electrons. The number of hydrogen-bond donors (Lipinski definition) is 1.